The van der Waals surface area contributed by atoms with Crippen LogP contribution in [0.4, 0.5) is 5.69 Å². The highest BCUT2D eigenvalue weighted by atomic mass is 16.1. The Morgan fingerprint density at radius 3 is 2.21 bits per heavy atom. The van der Waals surface area contributed by atoms with Gasteiger partial charge in [-0.25, -0.2) is 0 Å². The molecule has 4 aromatic rings. The summed E-state index contributed by atoms with van der Waals surface area (Å²) in [6, 6.07) is 19.5. The van der Waals surface area contributed by atoms with E-state index in [0.29, 0.717) is 17.3 Å². The molecule has 0 atom stereocenters. The highest BCUT2D eigenvalue weighted by Crippen LogP contribution is 2.26. The molecule has 0 bridgehead atoms. The van der Waals surface area contributed by atoms with Crippen molar-refractivity contribution in [3.63, 3.8) is 0 Å². The maximum atomic E-state index is 12.0. The number of hydrogen-bond donors (Lipinski definition) is 3. The molecule has 0 unspecified atom stereocenters. The van der Waals surface area contributed by atoms with Gasteiger partial charge in [-0.3, -0.25) is 19.8 Å². The van der Waals surface area contributed by atoms with E-state index < -0.39 is 0 Å². The van der Waals surface area contributed by atoms with Gasteiger partial charge in [-0.05, 0) is 29.1 Å². The third-order valence-electron chi connectivity index (χ3n) is 4.12. The molecule has 5 nitrogen and oxygen atoms in total. The quantitative estimate of drug-likeness (QED) is 0.508. The van der Waals surface area contributed by atoms with Crippen LogP contribution >= 0.6 is 0 Å². The second kappa shape index (κ2) is 5.70. The first-order valence-corrected chi connectivity index (χ1v) is 7.67. The molecule has 0 saturated carbocycles. The molecule has 3 N–H and O–H groups in total. The minimum Gasteiger partial charge on any atom is -0.380 e. The fraction of sp³-hybridized carbons (Fsp3) is 0.0526. The number of aromatic amines is 2. The molecule has 5 heteroatoms. The predicted molar refractivity (Wildman–Crippen MR) is 96.5 cm³/mol. The van der Waals surface area contributed by atoms with Crippen molar-refractivity contribution in [1.29, 1.82) is 0 Å². The summed E-state index contributed by atoms with van der Waals surface area (Å²) in [5, 5.41) is 10.7. The molecule has 4 rings (SSSR count). The summed E-state index contributed by atoms with van der Waals surface area (Å²) in [5.74, 6) is 0. The predicted octanol–water partition coefficient (Wildman–Crippen LogP) is 2.98. The molecule has 0 fully saturated rings. The number of nitrogens with one attached hydrogen (secondary N) is 3. The Hall–Kier alpha value is -3.34. The molecule has 0 aliphatic carbocycles. The maximum Gasteiger partial charge on any atom is 0.270 e. The fourth-order valence-electron chi connectivity index (χ4n) is 2.90. The first-order chi connectivity index (χ1) is 11.7. The van der Waals surface area contributed by atoms with Gasteiger partial charge < -0.3 is 5.32 Å². The molecule has 1 aromatic heterocycles. The van der Waals surface area contributed by atoms with Gasteiger partial charge in [0.1, 0.15) is 0 Å². The van der Waals surface area contributed by atoms with Crippen molar-refractivity contribution in [2.45, 2.75) is 6.54 Å². The van der Waals surface area contributed by atoms with E-state index in [2.05, 4.69) is 27.6 Å². The minimum absolute atomic E-state index is 0.297. The Labute approximate surface area is 136 Å². The van der Waals surface area contributed by atoms with Crippen LogP contribution in [0, 0.1) is 0 Å². The maximum absolute atomic E-state index is 12.0. The zero-order valence-corrected chi connectivity index (χ0v) is 12.8. The molecule has 0 spiro atoms. The fourth-order valence-corrected chi connectivity index (χ4v) is 2.90. The van der Waals surface area contributed by atoms with E-state index in [1.807, 2.05) is 36.4 Å². The average Bonchev–Trinajstić information content (AvgIpc) is 2.63. The van der Waals surface area contributed by atoms with E-state index >= 15 is 0 Å². The number of H-pyrrole nitrogens is 2. The van der Waals surface area contributed by atoms with E-state index in [4.69, 9.17) is 0 Å². The third-order valence-corrected chi connectivity index (χ3v) is 4.12. The number of benzene rings is 3. The van der Waals surface area contributed by atoms with Crippen LogP contribution in [0.15, 0.2) is 70.3 Å². The van der Waals surface area contributed by atoms with Gasteiger partial charge in [-0.2, -0.15) is 0 Å². The van der Waals surface area contributed by atoms with Gasteiger partial charge >= 0.3 is 0 Å². The second-order valence-corrected chi connectivity index (χ2v) is 5.67. The Bertz CT molecular complexity index is 1140. The summed E-state index contributed by atoms with van der Waals surface area (Å²) < 4.78 is 0. The summed E-state index contributed by atoms with van der Waals surface area (Å²) in [6.07, 6.45) is 0. The zero-order valence-electron chi connectivity index (χ0n) is 12.8. The number of hydrogen-bond acceptors (Lipinski definition) is 3. The van der Waals surface area contributed by atoms with Crippen molar-refractivity contribution in [2.24, 2.45) is 0 Å². The lowest BCUT2D eigenvalue weighted by molar-refractivity contribution is 0.977. The smallest absolute Gasteiger partial charge is 0.270 e. The molecule has 3 aromatic carbocycles. The first-order valence-electron chi connectivity index (χ1n) is 7.67. The van der Waals surface area contributed by atoms with Crippen molar-refractivity contribution in [2.75, 3.05) is 5.32 Å². The molecular formula is C19H15N3O2. The Morgan fingerprint density at radius 2 is 1.46 bits per heavy atom. The van der Waals surface area contributed by atoms with Gasteiger partial charge in [0.15, 0.2) is 0 Å². The highest BCUT2D eigenvalue weighted by molar-refractivity contribution is 6.03. The van der Waals surface area contributed by atoms with E-state index in [1.165, 1.54) is 5.56 Å². The number of anilines is 1. The highest BCUT2D eigenvalue weighted by Gasteiger charge is 2.08. The van der Waals surface area contributed by atoms with Crippen LogP contribution in [0.1, 0.15) is 5.56 Å². The van der Waals surface area contributed by atoms with E-state index in [0.717, 1.165) is 16.5 Å². The van der Waals surface area contributed by atoms with E-state index in [-0.39, 0.29) is 11.1 Å². The van der Waals surface area contributed by atoms with Crippen molar-refractivity contribution in [1.82, 2.24) is 10.2 Å². The summed E-state index contributed by atoms with van der Waals surface area (Å²) in [4.78, 5) is 23.9. The average molecular weight is 317 g/mol. The number of fused-ring (bicyclic) bond motifs is 2. The number of rotatable bonds is 3. The standard InChI is InChI=1S/C19H15N3O2/c23-18-15-9-13-7-4-8-17(20-11-12-5-2-1-3-6-12)14(13)10-16(15)19(24)22-21-18/h1-10,20H,11H2,(H,21,23)(H,22,24). The van der Waals surface area contributed by atoms with Crippen LogP contribution in [0.2, 0.25) is 0 Å². The van der Waals surface area contributed by atoms with Crippen LogP contribution in [0.3, 0.4) is 0 Å². The SMILES string of the molecule is O=c1[nH][nH]c(=O)c2cc3c(NCc4ccccc4)cccc3cc12. The van der Waals surface area contributed by atoms with E-state index in [1.54, 1.807) is 12.1 Å². The number of aromatic nitrogens is 2. The minimum atomic E-state index is -0.302. The molecule has 0 aliphatic rings. The van der Waals surface area contributed by atoms with Crippen molar-refractivity contribution >= 4 is 27.2 Å². The first kappa shape index (κ1) is 14.3. The summed E-state index contributed by atoms with van der Waals surface area (Å²) in [5.41, 5.74) is 1.50. The lowest BCUT2D eigenvalue weighted by atomic mass is 10.0. The summed E-state index contributed by atoms with van der Waals surface area (Å²) in [7, 11) is 0. The van der Waals surface area contributed by atoms with Crippen LogP contribution in [0.5, 0.6) is 0 Å². The topological polar surface area (TPSA) is 77.8 Å². The van der Waals surface area contributed by atoms with Crippen LogP contribution in [-0.2, 0) is 6.54 Å². The molecule has 0 saturated heterocycles. The van der Waals surface area contributed by atoms with Crippen molar-refractivity contribution < 1.29 is 0 Å². The summed E-state index contributed by atoms with van der Waals surface area (Å²) >= 11 is 0. The second-order valence-electron chi connectivity index (χ2n) is 5.67. The molecular weight excluding hydrogens is 302 g/mol. The monoisotopic (exact) mass is 317 g/mol. The molecule has 24 heavy (non-hydrogen) atoms. The van der Waals surface area contributed by atoms with Crippen molar-refractivity contribution in [3.8, 4) is 0 Å². The lowest BCUT2D eigenvalue weighted by Gasteiger charge is -2.10. The van der Waals surface area contributed by atoms with E-state index in [9.17, 15) is 9.59 Å². The lowest BCUT2D eigenvalue weighted by Crippen LogP contribution is -2.18. The third kappa shape index (κ3) is 2.46. The largest absolute Gasteiger partial charge is 0.380 e. The van der Waals surface area contributed by atoms with Crippen LogP contribution < -0.4 is 16.4 Å². The normalized spacial score (nSPS) is 11.0. The molecule has 0 radical (unpaired) electrons. The van der Waals surface area contributed by atoms with Crippen LogP contribution in [0.25, 0.3) is 21.5 Å². The van der Waals surface area contributed by atoms with Gasteiger partial charge in [0.2, 0.25) is 0 Å². The molecule has 1 heterocycles. The van der Waals surface area contributed by atoms with Gasteiger partial charge in [0, 0.05) is 17.6 Å². The molecule has 0 amide bonds. The van der Waals surface area contributed by atoms with Gasteiger partial charge in [0.05, 0.1) is 10.8 Å². The van der Waals surface area contributed by atoms with Gasteiger partial charge in [-0.15, -0.1) is 0 Å². The van der Waals surface area contributed by atoms with Crippen molar-refractivity contribution in [3.05, 3.63) is 86.9 Å². The summed E-state index contributed by atoms with van der Waals surface area (Å²) in [6.45, 7) is 0.684. The van der Waals surface area contributed by atoms with Gasteiger partial charge in [0.25, 0.3) is 11.1 Å². The molecule has 118 valence electrons. The Kier molecular flexibility index (Phi) is 3.39. The Balaban J connectivity index is 1.84. The zero-order chi connectivity index (χ0) is 16.5. The van der Waals surface area contributed by atoms with Crippen LogP contribution in [-0.4, -0.2) is 10.2 Å². The molecule has 0 aliphatic heterocycles. The van der Waals surface area contributed by atoms with Gasteiger partial charge in [-0.1, -0.05) is 42.5 Å². The Morgan fingerprint density at radius 1 is 0.750 bits per heavy atom.